The van der Waals surface area contributed by atoms with Gasteiger partial charge in [0.2, 0.25) is 0 Å². The molecule has 2 amide bonds. The summed E-state index contributed by atoms with van der Waals surface area (Å²) in [5, 5.41) is 5.98. The van der Waals surface area contributed by atoms with E-state index in [2.05, 4.69) is 32.1 Å². The maximum Gasteiger partial charge on any atom is 0.252 e. The number of benzene rings is 1. The summed E-state index contributed by atoms with van der Waals surface area (Å²) in [7, 11) is 1.59. The fourth-order valence-electron chi connectivity index (χ4n) is 4.06. The molecule has 3 rings (SSSR count). The summed E-state index contributed by atoms with van der Waals surface area (Å²) in [6, 6.07) is 8.66. The van der Waals surface area contributed by atoms with Gasteiger partial charge >= 0.3 is 0 Å². The number of carbonyl (C=O) groups is 2. The Balaban J connectivity index is 1.46. The molecule has 198 valence electrons. The molecule has 1 atom stereocenters. The van der Waals surface area contributed by atoms with Crippen molar-refractivity contribution < 1.29 is 19.1 Å². The zero-order chi connectivity index (χ0) is 26.5. The van der Waals surface area contributed by atoms with E-state index >= 15 is 0 Å². The smallest absolute Gasteiger partial charge is 0.252 e. The summed E-state index contributed by atoms with van der Waals surface area (Å²) in [6.07, 6.45) is 7.01. The number of hydrogen-bond donors (Lipinski definition) is 2. The van der Waals surface area contributed by atoms with Gasteiger partial charge in [0.05, 0.1) is 25.9 Å². The first-order chi connectivity index (χ1) is 18.0. The monoisotopic (exact) mass is 507 g/mol. The fourth-order valence-corrected chi connectivity index (χ4v) is 4.06. The molecule has 2 aromatic rings. The average Bonchev–Trinajstić information content (AvgIpc) is 2.92. The number of carbonyl (C=O) groups excluding carboxylic acids is 2. The van der Waals surface area contributed by atoms with Crippen molar-refractivity contribution in [3.05, 3.63) is 65.9 Å². The van der Waals surface area contributed by atoms with Crippen LogP contribution in [0.3, 0.4) is 0 Å². The van der Waals surface area contributed by atoms with E-state index in [9.17, 15) is 9.59 Å². The number of methoxy groups -OCH3 is 1. The summed E-state index contributed by atoms with van der Waals surface area (Å²) < 4.78 is 10.7. The molecule has 1 unspecified atom stereocenters. The molecule has 2 N–H and O–H groups in total. The van der Waals surface area contributed by atoms with Crippen LogP contribution in [0.15, 0.2) is 54.2 Å². The van der Waals surface area contributed by atoms with Crippen LogP contribution in [0.2, 0.25) is 0 Å². The highest BCUT2D eigenvalue weighted by Gasteiger charge is 2.16. The number of nitrogens with one attached hydrogen (secondary N) is 2. The Kier molecular flexibility index (Phi) is 11.3. The van der Waals surface area contributed by atoms with Gasteiger partial charge in [0.1, 0.15) is 5.75 Å². The fraction of sp³-hybridized carbons (Fsp3) is 0.429. The molecule has 1 saturated heterocycles. The van der Waals surface area contributed by atoms with Crippen molar-refractivity contribution in [3.63, 3.8) is 0 Å². The third-order valence-corrected chi connectivity index (χ3v) is 6.20. The minimum Gasteiger partial charge on any atom is -0.496 e. The molecule has 2 heterocycles. The molecule has 0 saturated carbocycles. The van der Waals surface area contributed by atoms with E-state index < -0.39 is 0 Å². The molecule has 9 nitrogen and oxygen atoms in total. The lowest BCUT2D eigenvalue weighted by Crippen LogP contribution is -2.38. The summed E-state index contributed by atoms with van der Waals surface area (Å²) in [6.45, 7) is 10.7. The first-order valence-electron chi connectivity index (χ1n) is 12.6. The lowest BCUT2D eigenvalue weighted by atomic mass is 10.1. The van der Waals surface area contributed by atoms with Crippen LogP contribution < -0.4 is 15.4 Å². The molecule has 9 heteroatoms. The van der Waals surface area contributed by atoms with E-state index in [-0.39, 0.29) is 17.9 Å². The van der Waals surface area contributed by atoms with E-state index in [1.165, 1.54) is 6.20 Å². The molecular formula is C28H37N5O4. The Bertz CT molecular complexity index is 1060. The highest BCUT2D eigenvalue weighted by molar-refractivity contribution is 5.96. The Morgan fingerprint density at radius 2 is 2.03 bits per heavy atom. The number of nitrogens with zero attached hydrogens (tertiary/aromatic N) is 3. The predicted octanol–water partition coefficient (Wildman–Crippen LogP) is 3.32. The zero-order valence-electron chi connectivity index (χ0n) is 21.7. The lowest BCUT2D eigenvalue weighted by molar-refractivity contribution is 0.0374. The van der Waals surface area contributed by atoms with Gasteiger partial charge in [-0.2, -0.15) is 0 Å². The lowest BCUT2D eigenvalue weighted by Gasteiger charge is -2.26. The van der Waals surface area contributed by atoms with E-state index in [0.717, 1.165) is 44.8 Å². The Hall–Kier alpha value is -3.56. The first-order valence-corrected chi connectivity index (χ1v) is 12.6. The van der Waals surface area contributed by atoms with Gasteiger partial charge in [-0.25, -0.2) is 9.98 Å². The van der Waals surface area contributed by atoms with Crippen molar-refractivity contribution in [2.75, 3.05) is 46.5 Å². The summed E-state index contributed by atoms with van der Waals surface area (Å²) >= 11 is 0. The van der Waals surface area contributed by atoms with Crippen molar-refractivity contribution in [1.29, 1.82) is 0 Å². The standard InChI is InChI=1S/C28H37N5O4/c1-4-7-23(32-28(35)24-8-5-9-25(36-3)21(24)2)12-14-29-26-11-10-22(20-31-26)27(34)30-13-6-15-33-16-18-37-19-17-33/h4-5,8-11,14,20,23H,1,6-7,12-13,15-19H2,2-3H3,(H,30,34)(H,32,35). The van der Waals surface area contributed by atoms with Crippen LogP contribution in [0.25, 0.3) is 0 Å². The van der Waals surface area contributed by atoms with Crippen molar-refractivity contribution >= 4 is 23.8 Å². The number of ether oxygens (including phenoxy) is 2. The Morgan fingerprint density at radius 1 is 1.22 bits per heavy atom. The van der Waals surface area contributed by atoms with Crippen molar-refractivity contribution in [2.45, 2.75) is 32.2 Å². The quantitative estimate of drug-likeness (QED) is 0.245. The minimum atomic E-state index is -0.171. The molecule has 0 radical (unpaired) electrons. The van der Waals surface area contributed by atoms with Crippen LogP contribution in [0, 0.1) is 6.92 Å². The van der Waals surface area contributed by atoms with Crippen LogP contribution in [0.5, 0.6) is 5.75 Å². The van der Waals surface area contributed by atoms with Crippen molar-refractivity contribution in [1.82, 2.24) is 20.5 Å². The van der Waals surface area contributed by atoms with Crippen LogP contribution in [0.4, 0.5) is 5.82 Å². The number of morpholine rings is 1. The van der Waals surface area contributed by atoms with Crippen LogP contribution >= 0.6 is 0 Å². The molecule has 37 heavy (non-hydrogen) atoms. The third-order valence-electron chi connectivity index (χ3n) is 6.20. The van der Waals surface area contributed by atoms with Gasteiger partial charge in [0.15, 0.2) is 5.82 Å². The maximum atomic E-state index is 12.8. The maximum absolute atomic E-state index is 12.8. The highest BCUT2D eigenvalue weighted by Crippen LogP contribution is 2.21. The highest BCUT2D eigenvalue weighted by atomic mass is 16.5. The summed E-state index contributed by atoms with van der Waals surface area (Å²) in [5.74, 6) is 0.851. The van der Waals surface area contributed by atoms with Gasteiger partial charge in [-0.05, 0) is 50.6 Å². The second-order valence-electron chi connectivity index (χ2n) is 8.84. The molecule has 1 aromatic heterocycles. The largest absolute Gasteiger partial charge is 0.496 e. The Labute approximate surface area is 219 Å². The van der Waals surface area contributed by atoms with Crippen LogP contribution in [0.1, 0.15) is 45.5 Å². The van der Waals surface area contributed by atoms with Crippen molar-refractivity contribution in [2.24, 2.45) is 4.99 Å². The number of pyridine rings is 1. The minimum absolute atomic E-state index is 0.147. The molecule has 1 aliphatic heterocycles. The molecule has 1 aromatic carbocycles. The number of rotatable bonds is 13. The Morgan fingerprint density at radius 3 is 2.73 bits per heavy atom. The van der Waals surface area contributed by atoms with Gasteiger partial charge in [-0.3, -0.25) is 14.5 Å². The molecule has 0 spiro atoms. The van der Waals surface area contributed by atoms with Gasteiger partial charge < -0.3 is 20.1 Å². The normalized spacial score (nSPS) is 14.8. The predicted molar refractivity (Wildman–Crippen MR) is 145 cm³/mol. The first kappa shape index (κ1) is 28.0. The number of aromatic nitrogens is 1. The van der Waals surface area contributed by atoms with E-state index in [1.807, 2.05) is 13.0 Å². The number of amides is 2. The van der Waals surface area contributed by atoms with Gasteiger partial charge in [0, 0.05) is 55.6 Å². The summed E-state index contributed by atoms with van der Waals surface area (Å²) in [5.41, 5.74) is 1.86. The van der Waals surface area contributed by atoms with Gasteiger partial charge in [0.25, 0.3) is 11.8 Å². The molecule has 0 bridgehead atoms. The molecule has 1 fully saturated rings. The topological polar surface area (TPSA) is 105 Å². The molecular weight excluding hydrogens is 470 g/mol. The van der Waals surface area contributed by atoms with Gasteiger partial charge in [-0.15, -0.1) is 6.58 Å². The van der Waals surface area contributed by atoms with Crippen LogP contribution in [-0.4, -0.2) is 80.5 Å². The van der Waals surface area contributed by atoms with E-state index in [4.69, 9.17) is 9.47 Å². The molecule has 1 aliphatic rings. The second-order valence-corrected chi connectivity index (χ2v) is 8.84. The SMILES string of the molecule is C=CCC(CC=Nc1ccc(C(=O)NCCCN2CCOCC2)cn1)NC(=O)c1cccc(OC)c1C. The summed E-state index contributed by atoms with van der Waals surface area (Å²) in [4.78, 5) is 36.2. The van der Waals surface area contributed by atoms with Gasteiger partial charge in [-0.1, -0.05) is 12.1 Å². The van der Waals surface area contributed by atoms with E-state index in [0.29, 0.717) is 42.1 Å². The van der Waals surface area contributed by atoms with Crippen molar-refractivity contribution in [3.8, 4) is 5.75 Å². The van der Waals surface area contributed by atoms with E-state index in [1.54, 1.807) is 43.7 Å². The van der Waals surface area contributed by atoms with Crippen LogP contribution in [-0.2, 0) is 4.74 Å². The average molecular weight is 508 g/mol. The zero-order valence-corrected chi connectivity index (χ0v) is 21.7. The third kappa shape index (κ3) is 8.80. The number of aliphatic imine (C=N–C) groups is 1. The molecule has 0 aliphatic carbocycles. The second kappa shape index (κ2) is 14.9. The number of hydrogen-bond acceptors (Lipinski definition) is 7.